The number of nitrogens with zero attached hydrogens (tertiary/aromatic N) is 3. The number of hydrogen-bond donors (Lipinski definition) is 0. The number of sulfone groups is 1. The first-order valence-corrected chi connectivity index (χ1v) is 12.4. The van der Waals surface area contributed by atoms with Crippen LogP contribution in [0.4, 0.5) is 5.13 Å². The maximum absolute atomic E-state index is 13.6. The van der Waals surface area contributed by atoms with Crippen molar-refractivity contribution in [2.24, 2.45) is 0 Å². The highest BCUT2D eigenvalue weighted by atomic mass is 32.2. The molecule has 0 aliphatic heterocycles. The zero-order chi connectivity index (χ0) is 21.9. The Morgan fingerprint density at radius 1 is 1.03 bits per heavy atom. The molecule has 2 aromatic carbocycles. The van der Waals surface area contributed by atoms with Crippen LogP contribution >= 0.6 is 11.3 Å². The Kier molecular flexibility index (Phi) is 6.90. The smallest absolute Gasteiger partial charge is 0.261 e. The predicted octanol–water partition coefficient (Wildman–Crippen LogP) is 3.86. The van der Waals surface area contributed by atoms with Crippen LogP contribution in [-0.2, 0) is 16.3 Å². The van der Waals surface area contributed by atoms with Crippen LogP contribution in [0.2, 0.25) is 0 Å². The van der Waals surface area contributed by atoms with E-state index >= 15 is 0 Å². The molecule has 0 unspecified atom stereocenters. The van der Waals surface area contributed by atoms with Gasteiger partial charge in [-0.3, -0.25) is 9.69 Å². The molecule has 0 fully saturated rings. The van der Waals surface area contributed by atoms with Gasteiger partial charge < -0.3 is 4.90 Å². The summed E-state index contributed by atoms with van der Waals surface area (Å²) in [5.74, 6) is -0.405. The Labute approximate surface area is 182 Å². The van der Waals surface area contributed by atoms with Crippen molar-refractivity contribution in [3.05, 3.63) is 53.6 Å². The molecule has 1 aromatic heterocycles. The Morgan fingerprint density at radius 2 is 1.77 bits per heavy atom. The number of fused-ring (bicyclic) bond motifs is 1. The first-order valence-electron chi connectivity index (χ1n) is 9.95. The highest BCUT2D eigenvalue weighted by molar-refractivity contribution is 7.91. The highest BCUT2D eigenvalue weighted by Gasteiger charge is 2.27. The molecule has 160 valence electrons. The third kappa shape index (κ3) is 4.55. The van der Waals surface area contributed by atoms with Crippen LogP contribution in [0.1, 0.15) is 29.8 Å². The lowest BCUT2D eigenvalue weighted by molar-refractivity contribution is 0.0982. The number of amides is 1. The molecule has 6 nitrogen and oxygen atoms in total. The Hall–Kier alpha value is -2.29. The SMILES string of the molecule is CCc1cccc2sc(N(CCN(C)C)C(=O)c3ccccc3S(=O)(=O)CC)nc12. The number of benzene rings is 2. The van der Waals surface area contributed by atoms with Gasteiger partial charge in [-0.2, -0.15) is 0 Å². The number of thiazole rings is 1. The largest absolute Gasteiger partial charge is 0.308 e. The van der Waals surface area contributed by atoms with Crippen molar-refractivity contribution in [1.29, 1.82) is 0 Å². The van der Waals surface area contributed by atoms with Crippen LogP contribution in [0.5, 0.6) is 0 Å². The lowest BCUT2D eigenvalue weighted by Crippen LogP contribution is -2.37. The number of carbonyl (C=O) groups excluding carboxylic acids is 1. The van der Waals surface area contributed by atoms with E-state index in [1.165, 1.54) is 17.4 Å². The number of rotatable bonds is 8. The van der Waals surface area contributed by atoms with Gasteiger partial charge in [-0.05, 0) is 44.3 Å². The summed E-state index contributed by atoms with van der Waals surface area (Å²) < 4.78 is 26.2. The van der Waals surface area contributed by atoms with Crippen molar-refractivity contribution in [2.45, 2.75) is 25.2 Å². The summed E-state index contributed by atoms with van der Waals surface area (Å²) in [6.45, 7) is 4.70. The summed E-state index contributed by atoms with van der Waals surface area (Å²) in [4.78, 5) is 22.0. The van der Waals surface area contributed by atoms with Crippen LogP contribution < -0.4 is 4.90 Å². The number of anilines is 1. The lowest BCUT2D eigenvalue weighted by atomic mass is 10.1. The molecule has 0 atom stereocenters. The summed E-state index contributed by atoms with van der Waals surface area (Å²) in [5.41, 5.74) is 2.22. The normalized spacial score (nSPS) is 11.9. The molecule has 0 saturated carbocycles. The molecule has 0 aliphatic carbocycles. The third-order valence-electron chi connectivity index (χ3n) is 4.95. The van der Waals surface area contributed by atoms with Gasteiger partial charge >= 0.3 is 0 Å². The molecule has 1 heterocycles. The number of carbonyl (C=O) groups is 1. The zero-order valence-corrected chi connectivity index (χ0v) is 19.4. The van der Waals surface area contributed by atoms with Crippen LogP contribution in [0.25, 0.3) is 10.2 Å². The second-order valence-corrected chi connectivity index (χ2v) is 10.5. The third-order valence-corrected chi connectivity index (χ3v) is 7.78. The maximum atomic E-state index is 13.6. The molecule has 0 N–H and O–H groups in total. The van der Waals surface area contributed by atoms with Crippen LogP contribution in [-0.4, -0.2) is 57.1 Å². The number of likely N-dealkylation sites (N-methyl/N-ethyl adjacent to an activating group) is 1. The Bertz CT molecular complexity index is 1150. The average Bonchev–Trinajstić information content (AvgIpc) is 3.17. The number of para-hydroxylation sites is 1. The summed E-state index contributed by atoms with van der Waals surface area (Å²) in [7, 11) is 0.341. The molecular weight excluding hydrogens is 418 g/mol. The van der Waals surface area contributed by atoms with Crippen molar-refractivity contribution >= 4 is 42.4 Å². The van der Waals surface area contributed by atoms with Crippen molar-refractivity contribution in [1.82, 2.24) is 9.88 Å². The van der Waals surface area contributed by atoms with E-state index in [2.05, 4.69) is 6.92 Å². The second kappa shape index (κ2) is 9.24. The van der Waals surface area contributed by atoms with Crippen LogP contribution in [0, 0.1) is 0 Å². The van der Waals surface area contributed by atoms with E-state index < -0.39 is 9.84 Å². The topological polar surface area (TPSA) is 70.6 Å². The van der Waals surface area contributed by atoms with Gasteiger partial charge in [0, 0.05) is 13.1 Å². The second-order valence-electron chi connectivity index (χ2n) is 7.27. The van der Waals surface area contributed by atoms with Gasteiger partial charge in [0.05, 0.1) is 26.4 Å². The van der Waals surface area contributed by atoms with Crippen molar-refractivity contribution in [3.63, 3.8) is 0 Å². The van der Waals surface area contributed by atoms with Gasteiger partial charge in [0.2, 0.25) is 0 Å². The van der Waals surface area contributed by atoms with E-state index in [0.29, 0.717) is 18.2 Å². The lowest BCUT2D eigenvalue weighted by Gasteiger charge is -2.23. The quantitative estimate of drug-likeness (QED) is 0.527. The molecule has 1 amide bonds. The van der Waals surface area contributed by atoms with E-state index in [1.807, 2.05) is 37.2 Å². The van der Waals surface area contributed by atoms with E-state index in [-0.39, 0.29) is 22.1 Å². The molecule has 8 heteroatoms. The molecule has 30 heavy (non-hydrogen) atoms. The first kappa shape index (κ1) is 22.4. The Balaban J connectivity index is 2.11. The standard InChI is InChI=1S/C22H27N3O3S2/c1-5-16-10-9-12-18-20(16)23-22(29-18)25(15-14-24(3)4)21(26)17-11-7-8-13-19(17)30(27,28)6-2/h7-13H,5-6,14-15H2,1-4H3. The molecular formula is C22H27N3O3S2. The molecule has 0 radical (unpaired) electrons. The van der Waals surface area contributed by atoms with E-state index in [1.54, 1.807) is 30.0 Å². The highest BCUT2D eigenvalue weighted by Crippen LogP contribution is 2.32. The number of hydrogen-bond acceptors (Lipinski definition) is 6. The van der Waals surface area contributed by atoms with Gasteiger partial charge in [0.25, 0.3) is 5.91 Å². The molecule has 0 saturated heterocycles. The first-order chi connectivity index (χ1) is 14.3. The molecule has 0 spiro atoms. The van der Waals surface area contributed by atoms with Gasteiger partial charge in [-0.15, -0.1) is 0 Å². The fourth-order valence-corrected chi connectivity index (χ4v) is 5.32. The summed E-state index contributed by atoms with van der Waals surface area (Å²) in [6, 6.07) is 12.5. The van der Waals surface area contributed by atoms with Gasteiger partial charge in [0.1, 0.15) is 0 Å². The fraction of sp³-hybridized carbons (Fsp3) is 0.364. The zero-order valence-electron chi connectivity index (χ0n) is 17.8. The van der Waals surface area contributed by atoms with Crippen molar-refractivity contribution in [3.8, 4) is 0 Å². The van der Waals surface area contributed by atoms with E-state index in [4.69, 9.17) is 4.98 Å². The number of aromatic nitrogens is 1. The maximum Gasteiger partial charge on any atom is 0.261 e. The minimum atomic E-state index is -3.53. The monoisotopic (exact) mass is 445 g/mol. The molecule has 3 aromatic rings. The Morgan fingerprint density at radius 3 is 2.43 bits per heavy atom. The van der Waals surface area contributed by atoms with Crippen molar-refractivity contribution < 1.29 is 13.2 Å². The minimum Gasteiger partial charge on any atom is -0.308 e. The molecule has 3 rings (SSSR count). The van der Waals surface area contributed by atoms with Gasteiger partial charge in [-0.1, -0.05) is 49.4 Å². The summed E-state index contributed by atoms with van der Waals surface area (Å²) in [5, 5.41) is 0.585. The van der Waals surface area contributed by atoms with Gasteiger partial charge in [-0.25, -0.2) is 13.4 Å². The van der Waals surface area contributed by atoms with E-state index in [0.717, 1.165) is 22.2 Å². The number of aryl methyl sites for hydroxylation is 1. The molecule has 0 bridgehead atoms. The van der Waals surface area contributed by atoms with E-state index in [9.17, 15) is 13.2 Å². The molecule has 0 aliphatic rings. The van der Waals surface area contributed by atoms with Gasteiger partial charge in [0.15, 0.2) is 15.0 Å². The average molecular weight is 446 g/mol. The fourth-order valence-electron chi connectivity index (χ4n) is 3.19. The summed E-state index contributed by atoms with van der Waals surface area (Å²) >= 11 is 1.45. The summed E-state index contributed by atoms with van der Waals surface area (Å²) in [6.07, 6.45) is 0.851. The van der Waals surface area contributed by atoms with Crippen LogP contribution in [0.15, 0.2) is 47.4 Å². The predicted molar refractivity (Wildman–Crippen MR) is 123 cm³/mol. The van der Waals surface area contributed by atoms with Crippen LogP contribution in [0.3, 0.4) is 0 Å². The van der Waals surface area contributed by atoms with Crippen molar-refractivity contribution in [2.75, 3.05) is 37.8 Å². The minimum absolute atomic E-state index is 0.0595.